The second kappa shape index (κ2) is 8.34. The average Bonchev–Trinajstić information content (AvgIpc) is 3.01. The first kappa shape index (κ1) is 17.0. The van der Waals surface area contributed by atoms with Gasteiger partial charge in [0.1, 0.15) is 5.76 Å². The molecule has 1 aliphatic carbocycles. The molecule has 1 saturated carbocycles. The van der Waals surface area contributed by atoms with Crippen LogP contribution in [0.2, 0.25) is 0 Å². The zero-order chi connectivity index (χ0) is 15.9. The summed E-state index contributed by atoms with van der Waals surface area (Å²) >= 11 is 0. The molecular weight excluding hydrogens is 280 g/mol. The van der Waals surface area contributed by atoms with Crippen molar-refractivity contribution >= 4 is 5.91 Å². The van der Waals surface area contributed by atoms with Crippen LogP contribution in [0.25, 0.3) is 0 Å². The Bertz CT molecular complexity index is 439. The minimum absolute atomic E-state index is 0.0184. The molecule has 1 aromatic heterocycles. The van der Waals surface area contributed by atoms with E-state index in [0.29, 0.717) is 19.1 Å². The summed E-state index contributed by atoms with van der Waals surface area (Å²) in [5, 5.41) is 12.7. The van der Waals surface area contributed by atoms with Crippen LogP contribution in [-0.4, -0.2) is 41.1 Å². The van der Waals surface area contributed by atoms with Crippen molar-refractivity contribution in [1.29, 1.82) is 0 Å². The predicted molar refractivity (Wildman–Crippen MR) is 85.4 cm³/mol. The summed E-state index contributed by atoms with van der Waals surface area (Å²) in [6.07, 6.45) is 7.14. The Balaban J connectivity index is 1.89. The van der Waals surface area contributed by atoms with Crippen molar-refractivity contribution in [3.8, 4) is 0 Å². The van der Waals surface area contributed by atoms with Crippen LogP contribution < -0.4 is 5.32 Å². The summed E-state index contributed by atoms with van der Waals surface area (Å²) in [5.41, 5.74) is 0. The van der Waals surface area contributed by atoms with Crippen molar-refractivity contribution in [3.63, 3.8) is 0 Å². The highest BCUT2D eigenvalue weighted by atomic mass is 16.3. The van der Waals surface area contributed by atoms with E-state index in [1.807, 2.05) is 19.1 Å². The standard InChI is InChI=1S/C17H28N2O3/c1-13(20)11-19(15-7-4-3-5-8-15)12-17(21)18-14(2)16-9-6-10-22-16/h6,9-10,13-15,20H,3-5,7-8,11-12H2,1-2H3,(H,18,21)/t13-,14+/m0/s1. The number of rotatable bonds is 7. The Kier molecular flexibility index (Phi) is 6.46. The van der Waals surface area contributed by atoms with E-state index in [0.717, 1.165) is 18.6 Å². The second-order valence-corrected chi connectivity index (χ2v) is 6.37. The number of carbonyl (C=O) groups is 1. The van der Waals surface area contributed by atoms with Gasteiger partial charge in [-0.05, 0) is 38.8 Å². The largest absolute Gasteiger partial charge is 0.467 e. The number of aliphatic hydroxyl groups is 1. The Morgan fingerprint density at radius 1 is 1.41 bits per heavy atom. The molecule has 1 amide bonds. The zero-order valence-electron chi connectivity index (χ0n) is 13.6. The maximum Gasteiger partial charge on any atom is 0.234 e. The van der Waals surface area contributed by atoms with E-state index >= 15 is 0 Å². The molecule has 1 aromatic rings. The van der Waals surface area contributed by atoms with Gasteiger partial charge < -0.3 is 14.8 Å². The minimum Gasteiger partial charge on any atom is -0.467 e. The number of hydrogen-bond acceptors (Lipinski definition) is 4. The fourth-order valence-electron chi connectivity index (χ4n) is 3.21. The lowest BCUT2D eigenvalue weighted by molar-refractivity contribution is -0.124. The van der Waals surface area contributed by atoms with Gasteiger partial charge in [-0.15, -0.1) is 0 Å². The third kappa shape index (κ3) is 5.14. The van der Waals surface area contributed by atoms with E-state index in [2.05, 4.69) is 10.2 Å². The molecule has 0 bridgehead atoms. The highest BCUT2D eigenvalue weighted by Crippen LogP contribution is 2.22. The molecule has 2 rings (SSSR count). The van der Waals surface area contributed by atoms with Crippen molar-refractivity contribution in [2.24, 2.45) is 0 Å². The molecule has 0 saturated heterocycles. The number of hydrogen-bond donors (Lipinski definition) is 2. The van der Waals surface area contributed by atoms with Gasteiger partial charge in [-0.3, -0.25) is 9.69 Å². The maximum absolute atomic E-state index is 12.3. The summed E-state index contributed by atoms with van der Waals surface area (Å²) in [6, 6.07) is 3.95. The van der Waals surface area contributed by atoms with Gasteiger partial charge in [0.2, 0.25) is 5.91 Å². The molecule has 2 atom stereocenters. The molecular formula is C17H28N2O3. The SMILES string of the molecule is C[C@H](O)CN(CC(=O)N[C@H](C)c1ccco1)C1CCCCC1. The van der Waals surface area contributed by atoms with Crippen molar-refractivity contribution in [2.45, 2.75) is 64.1 Å². The monoisotopic (exact) mass is 308 g/mol. The molecule has 1 aliphatic rings. The van der Waals surface area contributed by atoms with Gasteiger partial charge in [-0.2, -0.15) is 0 Å². The number of carbonyl (C=O) groups excluding carboxylic acids is 1. The van der Waals surface area contributed by atoms with Crippen molar-refractivity contribution in [2.75, 3.05) is 13.1 Å². The van der Waals surface area contributed by atoms with Crippen LogP contribution in [0, 0.1) is 0 Å². The molecule has 0 aliphatic heterocycles. The van der Waals surface area contributed by atoms with E-state index in [1.165, 1.54) is 19.3 Å². The topological polar surface area (TPSA) is 65.7 Å². The van der Waals surface area contributed by atoms with Crippen LogP contribution in [0.3, 0.4) is 0 Å². The van der Waals surface area contributed by atoms with Gasteiger partial charge in [-0.1, -0.05) is 19.3 Å². The molecule has 1 fully saturated rings. The van der Waals surface area contributed by atoms with E-state index in [9.17, 15) is 9.90 Å². The first-order valence-corrected chi connectivity index (χ1v) is 8.31. The summed E-state index contributed by atoms with van der Waals surface area (Å²) in [4.78, 5) is 14.4. The van der Waals surface area contributed by atoms with Crippen LogP contribution in [0.5, 0.6) is 0 Å². The van der Waals surface area contributed by atoms with Crippen LogP contribution in [-0.2, 0) is 4.79 Å². The lowest BCUT2D eigenvalue weighted by Gasteiger charge is -2.34. The maximum atomic E-state index is 12.3. The molecule has 22 heavy (non-hydrogen) atoms. The van der Waals surface area contributed by atoms with E-state index in [-0.39, 0.29) is 11.9 Å². The molecule has 124 valence electrons. The summed E-state index contributed by atoms with van der Waals surface area (Å²) in [5.74, 6) is 0.739. The Hall–Kier alpha value is -1.33. The van der Waals surface area contributed by atoms with E-state index in [4.69, 9.17) is 4.42 Å². The smallest absolute Gasteiger partial charge is 0.234 e. The number of nitrogens with zero attached hydrogens (tertiary/aromatic N) is 1. The number of furan rings is 1. The molecule has 0 aromatic carbocycles. The van der Waals surface area contributed by atoms with Crippen LogP contribution >= 0.6 is 0 Å². The molecule has 0 radical (unpaired) electrons. The second-order valence-electron chi connectivity index (χ2n) is 6.37. The molecule has 5 heteroatoms. The Morgan fingerprint density at radius 2 is 2.14 bits per heavy atom. The predicted octanol–water partition coefficient (Wildman–Crippen LogP) is 2.47. The lowest BCUT2D eigenvalue weighted by atomic mass is 9.94. The normalized spacial score (nSPS) is 19.1. The summed E-state index contributed by atoms with van der Waals surface area (Å²) in [7, 11) is 0. The third-order valence-electron chi connectivity index (χ3n) is 4.28. The van der Waals surface area contributed by atoms with Crippen molar-refractivity contribution in [1.82, 2.24) is 10.2 Å². The van der Waals surface area contributed by atoms with Gasteiger partial charge in [0.15, 0.2) is 0 Å². The Morgan fingerprint density at radius 3 is 2.73 bits per heavy atom. The Labute approximate surface area is 132 Å². The van der Waals surface area contributed by atoms with E-state index < -0.39 is 6.10 Å². The van der Waals surface area contributed by atoms with Gasteiger partial charge in [-0.25, -0.2) is 0 Å². The van der Waals surface area contributed by atoms with Crippen LogP contribution in [0.4, 0.5) is 0 Å². The van der Waals surface area contributed by atoms with Gasteiger partial charge in [0, 0.05) is 12.6 Å². The summed E-state index contributed by atoms with van der Waals surface area (Å²) < 4.78 is 5.31. The molecule has 1 heterocycles. The minimum atomic E-state index is -0.419. The van der Waals surface area contributed by atoms with Gasteiger partial charge in [0.05, 0.1) is 25.0 Å². The van der Waals surface area contributed by atoms with Crippen molar-refractivity contribution < 1.29 is 14.3 Å². The number of amides is 1. The van der Waals surface area contributed by atoms with Gasteiger partial charge >= 0.3 is 0 Å². The zero-order valence-corrected chi connectivity index (χ0v) is 13.6. The van der Waals surface area contributed by atoms with Crippen LogP contribution in [0.1, 0.15) is 57.8 Å². The average molecular weight is 308 g/mol. The van der Waals surface area contributed by atoms with Crippen molar-refractivity contribution in [3.05, 3.63) is 24.2 Å². The fourth-order valence-corrected chi connectivity index (χ4v) is 3.21. The quantitative estimate of drug-likeness (QED) is 0.812. The number of aliphatic hydroxyl groups excluding tert-OH is 1. The van der Waals surface area contributed by atoms with Gasteiger partial charge in [0.25, 0.3) is 0 Å². The number of nitrogens with one attached hydrogen (secondary N) is 1. The first-order chi connectivity index (χ1) is 10.6. The highest BCUT2D eigenvalue weighted by Gasteiger charge is 2.24. The summed E-state index contributed by atoms with van der Waals surface area (Å²) in [6.45, 7) is 4.57. The van der Waals surface area contributed by atoms with Crippen LogP contribution in [0.15, 0.2) is 22.8 Å². The third-order valence-corrected chi connectivity index (χ3v) is 4.28. The molecule has 0 spiro atoms. The molecule has 5 nitrogen and oxygen atoms in total. The highest BCUT2D eigenvalue weighted by molar-refractivity contribution is 5.78. The molecule has 2 N–H and O–H groups in total. The first-order valence-electron chi connectivity index (χ1n) is 8.31. The lowest BCUT2D eigenvalue weighted by Crippen LogP contribution is -2.46. The molecule has 0 unspecified atom stereocenters. The van der Waals surface area contributed by atoms with E-state index in [1.54, 1.807) is 13.2 Å². The fraction of sp³-hybridized carbons (Fsp3) is 0.706.